The SMILES string of the molecule is COc1ccc(C(=O)[C@H](C)OC(=O)CNC(=O)C2CCCCC2)cc1. The second-order valence-electron chi connectivity index (χ2n) is 6.28. The van der Waals surface area contributed by atoms with E-state index in [1.54, 1.807) is 31.4 Å². The standard InChI is InChI=1S/C19H25NO5/c1-13(18(22)14-8-10-16(24-2)11-9-14)25-17(21)12-20-19(23)15-6-4-3-5-7-15/h8-11,13,15H,3-7,12H2,1-2H3,(H,20,23)/t13-/m0/s1. The van der Waals surface area contributed by atoms with Crippen LogP contribution in [-0.2, 0) is 14.3 Å². The molecule has 6 nitrogen and oxygen atoms in total. The molecule has 136 valence electrons. The molecule has 2 rings (SSSR count). The molecule has 0 unspecified atom stereocenters. The highest BCUT2D eigenvalue weighted by atomic mass is 16.5. The Hall–Kier alpha value is -2.37. The monoisotopic (exact) mass is 347 g/mol. The van der Waals surface area contributed by atoms with Gasteiger partial charge in [0.2, 0.25) is 11.7 Å². The van der Waals surface area contributed by atoms with Crippen LogP contribution in [0.5, 0.6) is 5.75 Å². The van der Waals surface area contributed by atoms with Gasteiger partial charge in [0.05, 0.1) is 7.11 Å². The third-order valence-corrected chi connectivity index (χ3v) is 4.43. The summed E-state index contributed by atoms with van der Waals surface area (Å²) in [5.41, 5.74) is 0.437. The number of carbonyl (C=O) groups is 3. The normalized spacial score (nSPS) is 15.9. The van der Waals surface area contributed by atoms with E-state index in [4.69, 9.17) is 9.47 Å². The van der Waals surface area contributed by atoms with Gasteiger partial charge in [-0.15, -0.1) is 0 Å². The number of ketones is 1. The van der Waals surface area contributed by atoms with Gasteiger partial charge in [-0.05, 0) is 44.0 Å². The van der Waals surface area contributed by atoms with Gasteiger partial charge in [0.1, 0.15) is 12.3 Å². The maximum absolute atomic E-state index is 12.3. The number of carbonyl (C=O) groups excluding carboxylic acids is 3. The van der Waals surface area contributed by atoms with Crippen molar-refractivity contribution in [2.45, 2.75) is 45.1 Å². The summed E-state index contributed by atoms with van der Waals surface area (Å²) < 4.78 is 10.2. The fourth-order valence-corrected chi connectivity index (χ4v) is 2.95. The van der Waals surface area contributed by atoms with Crippen LogP contribution in [0, 0.1) is 5.92 Å². The predicted octanol–water partition coefficient (Wildman–Crippen LogP) is 2.51. The Labute approximate surface area is 147 Å². The molecule has 0 spiro atoms. The number of benzene rings is 1. The minimum atomic E-state index is -0.910. The first-order valence-electron chi connectivity index (χ1n) is 8.66. The van der Waals surface area contributed by atoms with Crippen LogP contribution in [0.25, 0.3) is 0 Å². The Morgan fingerprint density at radius 1 is 1.12 bits per heavy atom. The Balaban J connectivity index is 1.78. The number of Topliss-reactive ketones (excluding diaryl/α,β-unsaturated/α-hetero) is 1. The molecular formula is C19H25NO5. The lowest BCUT2D eigenvalue weighted by molar-refractivity contribution is -0.146. The van der Waals surface area contributed by atoms with Crippen LogP contribution in [0.4, 0.5) is 0 Å². The van der Waals surface area contributed by atoms with Crippen LogP contribution in [0.2, 0.25) is 0 Å². The minimum absolute atomic E-state index is 0.0140. The summed E-state index contributed by atoms with van der Waals surface area (Å²) in [5.74, 6) is -0.384. The van der Waals surface area contributed by atoms with Crippen LogP contribution < -0.4 is 10.1 Å². The first-order valence-corrected chi connectivity index (χ1v) is 8.66. The Morgan fingerprint density at radius 2 is 1.76 bits per heavy atom. The van der Waals surface area contributed by atoms with Crippen molar-refractivity contribution in [3.05, 3.63) is 29.8 Å². The number of hydrogen-bond donors (Lipinski definition) is 1. The summed E-state index contributed by atoms with van der Waals surface area (Å²) in [5, 5.41) is 2.61. The molecule has 25 heavy (non-hydrogen) atoms. The van der Waals surface area contributed by atoms with E-state index >= 15 is 0 Å². The lowest BCUT2D eigenvalue weighted by Gasteiger charge is -2.20. The quantitative estimate of drug-likeness (QED) is 0.605. The lowest BCUT2D eigenvalue weighted by atomic mass is 9.89. The molecule has 1 saturated carbocycles. The van der Waals surface area contributed by atoms with Crippen LogP contribution in [0.1, 0.15) is 49.4 Å². The second kappa shape index (κ2) is 9.20. The first-order chi connectivity index (χ1) is 12.0. The topological polar surface area (TPSA) is 81.7 Å². The van der Waals surface area contributed by atoms with Gasteiger partial charge in [-0.3, -0.25) is 14.4 Å². The van der Waals surface area contributed by atoms with E-state index in [-0.39, 0.29) is 24.2 Å². The Morgan fingerprint density at radius 3 is 2.36 bits per heavy atom. The van der Waals surface area contributed by atoms with Gasteiger partial charge in [-0.1, -0.05) is 19.3 Å². The zero-order valence-electron chi connectivity index (χ0n) is 14.7. The molecule has 0 saturated heterocycles. The summed E-state index contributed by atoms with van der Waals surface area (Å²) in [6, 6.07) is 6.59. The fourth-order valence-electron chi connectivity index (χ4n) is 2.95. The highest BCUT2D eigenvalue weighted by Crippen LogP contribution is 2.23. The molecule has 0 bridgehead atoms. The van der Waals surface area contributed by atoms with E-state index in [1.165, 1.54) is 6.92 Å². The Kier molecular flexibility index (Phi) is 6.98. The Bertz CT molecular complexity index is 605. The van der Waals surface area contributed by atoms with Gasteiger partial charge in [0.25, 0.3) is 0 Å². The molecule has 1 aromatic rings. The third kappa shape index (κ3) is 5.59. The molecule has 1 N–H and O–H groups in total. The first kappa shape index (κ1) is 19.0. The third-order valence-electron chi connectivity index (χ3n) is 4.43. The molecule has 6 heteroatoms. The average molecular weight is 347 g/mol. The molecular weight excluding hydrogens is 322 g/mol. The molecule has 1 atom stereocenters. The smallest absolute Gasteiger partial charge is 0.326 e. The number of methoxy groups -OCH3 is 1. The summed E-state index contributed by atoms with van der Waals surface area (Å²) in [6.07, 6.45) is 4.09. The molecule has 0 aliphatic heterocycles. The van der Waals surface area contributed by atoms with Gasteiger partial charge < -0.3 is 14.8 Å². The lowest BCUT2D eigenvalue weighted by Crippen LogP contribution is -2.37. The second-order valence-corrected chi connectivity index (χ2v) is 6.28. The average Bonchev–Trinajstić information content (AvgIpc) is 2.66. The largest absolute Gasteiger partial charge is 0.497 e. The minimum Gasteiger partial charge on any atom is -0.497 e. The molecule has 1 amide bonds. The predicted molar refractivity (Wildman–Crippen MR) is 92.5 cm³/mol. The van der Waals surface area contributed by atoms with Gasteiger partial charge in [-0.2, -0.15) is 0 Å². The summed E-state index contributed by atoms with van der Waals surface area (Å²) in [7, 11) is 1.54. The number of ether oxygens (including phenoxy) is 2. The van der Waals surface area contributed by atoms with Crippen molar-refractivity contribution in [2.75, 3.05) is 13.7 Å². The number of amides is 1. The van der Waals surface area contributed by atoms with Gasteiger partial charge in [0.15, 0.2) is 6.10 Å². The van der Waals surface area contributed by atoms with Crippen molar-refractivity contribution in [3.8, 4) is 5.75 Å². The fraction of sp³-hybridized carbons (Fsp3) is 0.526. The molecule has 1 aliphatic carbocycles. The maximum Gasteiger partial charge on any atom is 0.326 e. The van der Waals surface area contributed by atoms with Crippen molar-refractivity contribution in [3.63, 3.8) is 0 Å². The zero-order valence-corrected chi connectivity index (χ0v) is 14.7. The number of nitrogens with one attached hydrogen (secondary N) is 1. The van der Waals surface area contributed by atoms with Gasteiger partial charge >= 0.3 is 5.97 Å². The van der Waals surface area contributed by atoms with Gasteiger partial charge in [0, 0.05) is 11.5 Å². The van der Waals surface area contributed by atoms with Crippen LogP contribution >= 0.6 is 0 Å². The van der Waals surface area contributed by atoms with E-state index in [9.17, 15) is 14.4 Å². The van der Waals surface area contributed by atoms with E-state index in [1.807, 2.05) is 0 Å². The van der Waals surface area contributed by atoms with Crippen molar-refractivity contribution < 1.29 is 23.9 Å². The summed E-state index contributed by atoms with van der Waals surface area (Å²) >= 11 is 0. The molecule has 0 heterocycles. The molecule has 0 aromatic heterocycles. The van der Waals surface area contributed by atoms with Crippen molar-refractivity contribution >= 4 is 17.7 Å². The molecule has 1 aliphatic rings. The zero-order chi connectivity index (χ0) is 18.2. The van der Waals surface area contributed by atoms with Crippen molar-refractivity contribution in [1.82, 2.24) is 5.32 Å². The van der Waals surface area contributed by atoms with E-state index in [0.29, 0.717) is 11.3 Å². The molecule has 1 fully saturated rings. The van der Waals surface area contributed by atoms with E-state index < -0.39 is 12.1 Å². The van der Waals surface area contributed by atoms with Crippen LogP contribution in [0.3, 0.4) is 0 Å². The van der Waals surface area contributed by atoms with E-state index in [2.05, 4.69) is 5.32 Å². The highest BCUT2D eigenvalue weighted by Gasteiger charge is 2.23. The summed E-state index contributed by atoms with van der Waals surface area (Å²) in [4.78, 5) is 36.1. The molecule has 1 aromatic carbocycles. The number of rotatable bonds is 7. The number of hydrogen-bond acceptors (Lipinski definition) is 5. The van der Waals surface area contributed by atoms with Crippen molar-refractivity contribution in [1.29, 1.82) is 0 Å². The maximum atomic E-state index is 12.3. The van der Waals surface area contributed by atoms with Gasteiger partial charge in [-0.25, -0.2) is 0 Å². The van der Waals surface area contributed by atoms with Crippen LogP contribution in [-0.4, -0.2) is 37.4 Å². The molecule has 0 radical (unpaired) electrons. The summed E-state index contributed by atoms with van der Waals surface area (Å²) in [6.45, 7) is 1.31. The van der Waals surface area contributed by atoms with E-state index in [0.717, 1.165) is 32.1 Å². The van der Waals surface area contributed by atoms with Crippen LogP contribution in [0.15, 0.2) is 24.3 Å². The highest BCUT2D eigenvalue weighted by molar-refractivity contribution is 6.00. The number of esters is 1. The van der Waals surface area contributed by atoms with Crippen molar-refractivity contribution in [2.24, 2.45) is 5.92 Å².